The molecule has 5 nitrogen and oxygen atoms in total. The molecule has 0 aliphatic rings. The summed E-state index contributed by atoms with van der Waals surface area (Å²) >= 11 is 0. The second-order valence-electron chi connectivity index (χ2n) is 11.0. The van der Waals surface area contributed by atoms with Gasteiger partial charge in [0.25, 0.3) is 0 Å². The van der Waals surface area contributed by atoms with E-state index in [-0.39, 0.29) is 0 Å². The van der Waals surface area contributed by atoms with Crippen LogP contribution in [0.4, 0.5) is 0 Å². The summed E-state index contributed by atoms with van der Waals surface area (Å²) < 4.78 is 0. The Hall–Kier alpha value is -6.33. The minimum absolute atomic E-state index is 0.633. The molecule has 0 saturated heterocycles. The Balaban J connectivity index is 1.14. The molecule has 8 rings (SSSR count). The van der Waals surface area contributed by atoms with Crippen molar-refractivity contribution in [1.82, 2.24) is 24.9 Å². The number of nitrogens with zero attached hydrogens (tertiary/aromatic N) is 5. The molecule has 0 atom stereocenters. The van der Waals surface area contributed by atoms with Crippen molar-refractivity contribution in [1.29, 1.82) is 0 Å². The van der Waals surface area contributed by atoms with E-state index in [4.69, 9.17) is 19.9 Å². The maximum atomic E-state index is 4.97. The molecule has 0 amide bonds. The zero-order valence-electron chi connectivity index (χ0n) is 24.8. The van der Waals surface area contributed by atoms with E-state index in [0.29, 0.717) is 17.5 Å². The van der Waals surface area contributed by atoms with Gasteiger partial charge in [0.05, 0.1) is 11.4 Å². The van der Waals surface area contributed by atoms with Crippen LogP contribution in [0.5, 0.6) is 0 Å². The molecule has 3 heterocycles. The average molecular weight is 590 g/mol. The zero-order valence-corrected chi connectivity index (χ0v) is 24.8. The molecule has 0 unspecified atom stereocenters. The van der Waals surface area contributed by atoms with E-state index >= 15 is 0 Å². The normalized spacial score (nSPS) is 11.0. The lowest BCUT2D eigenvalue weighted by Gasteiger charge is -2.10. The van der Waals surface area contributed by atoms with Crippen molar-refractivity contribution in [3.63, 3.8) is 0 Å². The van der Waals surface area contributed by atoms with Crippen LogP contribution in [-0.2, 0) is 0 Å². The van der Waals surface area contributed by atoms with Crippen molar-refractivity contribution >= 4 is 10.8 Å². The molecule has 0 aliphatic heterocycles. The minimum atomic E-state index is 0.633. The van der Waals surface area contributed by atoms with E-state index in [1.54, 1.807) is 6.20 Å². The number of hydrogen-bond acceptors (Lipinski definition) is 5. The van der Waals surface area contributed by atoms with Crippen LogP contribution in [0.3, 0.4) is 0 Å². The summed E-state index contributed by atoms with van der Waals surface area (Å²) in [4.78, 5) is 24.0. The van der Waals surface area contributed by atoms with Gasteiger partial charge in [0.15, 0.2) is 17.5 Å². The van der Waals surface area contributed by atoms with Crippen LogP contribution in [0.25, 0.3) is 78.6 Å². The summed E-state index contributed by atoms with van der Waals surface area (Å²) in [7, 11) is 0. The first kappa shape index (κ1) is 27.2. The van der Waals surface area contributed by atoms with Gasteiger partial charge in [-0.2, -0.15) is 0 Å². The zero-order chi connectivity index (χ0) is 30.7. The number of benzene rings is 5. The van der Waals surface area contributed by atoms with Gasteiger partial charge in [0.1, 0.15) is 0 Å². The Kier molecular flexibility index (Phi) is 7.09. The number of rotatable bonds is 6. The highest BCUT2D eigenvalue weighted by molar-refractivity contribution is 5.90. The van der Waals surface area contributed by atoms with Gasteiger partial charge >= 0.3 is 0 Å². The molecule has 0 bridgehead atoms. The first-order valence-corrected chi connectivity index (χ1v) is 15.2. The molecule has 8 aromatic rings. The summed E-state index contributed by atoms with van der Waals surface area (Å²) in [6.45, 7) is 0. The molecule has 0 radical (unpaired) electrons. The highest BCUT2D eigenvalue weighted by Crippen LogP contribution is 2.30. The van der Waals surface area contributed by atoms with Gasteiger partial charge < -0.3 is 0 Å². The topological polar surface area (TPSA) is 64.5 Å². The Morgan fingerprint density at radius 2 is 0.783 bits per heavy atom. The lowest BCUT2D eigenvalue weighted by molar-refractivity contribution is 1.07. The molecule has 216 valence electrons. The maximum absolute atomic E-state index is 4.97. The summed E-state index contributed by atoms with van der Waals surface area (Å²) in [6, 6.07) is 51.6. The third-order valence-electron chi connectivity index (χ3n) is 8.04. The smallest absolute Gasteiger partial charge is 0.164 e. The van der Waals surface area contributed by atoms with Crippen LogP contribution in [0.1, 0.15) is 0 Å². The lowest BCUT2D eigenvalue weighted by Crippen LogP contribution is -2.00. The largest absolute Gasteiger partial charge is 0.256 e. The van der Waals surface area contributed by atoms with Crippen LogP contribution in [-0.4, -0.2) is 24.9 Å². The van der Waals surface area contributed by atoms with Gasteiger partial charge in [0, 0.05) is 40.2 Å². The molecule has 0 spiro atoms. The fourth-order valence-corrected chi connectivity index (χ4v) is 5.59. The van der Waals surface area contributed by atoms with Crippen LogP contribution in [0.15, 0.2) is 164 Å². The molecule has 0 aliphatic carbocycles. The standard InChI is InChI=1S/C41H27N5/c1-3-9-28(10-4-1)29-14-16-31(17-15-29)40-44-39(30-11-5-2-6-12-30)45-41(46-40)35-21-19-32-25-34(20-18-33(32)26-35)38-23-22-36(27-43-38)37-13-7-8-24-42-37/h1-27H. The van der Waals surface area contributed by atoms with Gasteiger partial charge in [-0.05, 0) is 58.3 Å². The summed E-state index contributed by atoms with van der Waals surface area (Å²) in [6.07, 6.45) is 3.67. The van der Waals surface area contributed by atoms with Crippen LogP contribution in [0.2, 0.25) is 0 Å². The number of fused-ring (bicyclic) bond motifs is 1. The lowest BCUT2D eigenvalue weighted by atomic mass is 10.0. The molecule has 0 saturated carbocycles. The van der Waals surface area contributed by atoms with Crippen molar-refractivity contribution in [2.75, 3.05) is 0 Å². The van der Waals surface area contributed by atoms with Gasteiger partial charge in [-0.15, -0.1) is 0 Å². The maximum Gasteiger partial charge on any atom is 0.164 e. The van der Waals surface area contributed by atoms with Gasteiger partial charge in [0.2, 0.25) is 0 Å². The van der Waals surface area contributed by atoms with Crippen LogP contribution in [0, 0.1) is 0 Å². The van der Waals surface area contributed by atoms with E-state index in [0.717, 1.165) is 55.5 Å². The average Bonchev–Trinajstić information content (AvgIpc) is 3.15. The monoisotopic (exact) mass is 589 g/mol. The number of hydrogen-bond donors (Lipinski definition) is 0. The quantitative estimate of drug-likeness (QED) is 0.193. The Bertz CT molecular complexity index is 2270. The molecule has 46 heavy (non-hydrogen) atoms. The third kappa shape index (κ3) is 5.53. The molecule has 0 N–H and O–H groups in total. The Morgan fingerprint density at radius 1 is 0.304 bits per heavy atom. The Morgan fingerprint density at radius 3 is 1.41 bits per heavy atom. The van der Waals surface area contributed by atoms with Gasteiger partial charge in [-0.3, -0.25) is 9.97 Å². The SMILES string of the molecule is c1ccc(-c2ccc(-c3nc(-c4ccccc4)nc(-c4ccc5cc(-c6ccc(-c7ccccn7)cn6)ccc5c4)n3)cc2)cc1. The minimum Gasteiger partial charge on any atom is -0.256 e. The van der Waals surface area contributed by atoms with E-state index in [2.05, 4.69) is 96.0 Å². The fraction of sp³-hybridized carbons (Fsp3) is 0. The van der Waals surface area contributed by atoms with Gasteiger partial charge in [-0.25, -0.2) is 15.0 Å². The van der Waals surface area contributed by atoms with Crippen LogP contribution >= 0.6 is 0 Å². The molecule has 5 aromatic carbocycles. The second-order valence-corrected chi connectivity index (χ2v) is 11.0. The van der Waals surface area contributed by atoms with Crippen molar-refractivity contribution in [2.45, 2.75) is 0 Å². The molecule has 5 heteroatoms. The molecule has 3 aromatic heterocycles. The molecule has 0 fully saturated rings. The number of aromatic nitrogens is 5. The van der Waals surface area contributed by atoms with Gasteiger partial charge in [-0.1, -0.05) is 115 Å². The van der Waals surface area contributed by atoms with Crippen molar-refractivity contribution in [3.05, 3.63) is 164 Å². The van der Waals surface area contributed by atoms with E-state index in [1.165, 1.54) is 5.56 Å². The predicted octanol–water partition coefficient (Wildman–Crippen LogP) is 9.82. The highest BCUT2D eigenvalue weighted by atomic mass is 15.0. The van der Waals surface area contributed by atoms with Crippen LogP contribution < -0.4 is 0 Å². The second kappa shape index (κ2) is 12.0. The Labute approximate surface area is 267 Å². The third-order valence-corrected chi connectivity index (χ3v) is 8.04. The molecular weight excluding hydrogens is 562 g/mol. The highest BCUT2D eigenvalue weighted by Gasteiger charge is 2.13. The predicted molar refractivity (Wildman–Crippen MR) is 186 cm³/mol. The van der Waals surface area contributed by atoms with E-state index in [9.17, 15) is 0 Å². The first-order chi connectivity index (χ1) is 22.8. The number of pyridine rings is 2. The van der Waals surface area contributed by atoms with Crippen molar-refractivity contribution in [3.8, 4) is 67.8 Å². The fourth-order valence-electron chi connectivity index (χ4n) is 5.59. The van der Waals surface area contributed by atoms with Crippen molar-refractivity contribution < 1.29 is 0 Å². The summed E-state index contributed by atoms with van der Waals surface area (Å²) in [5.74, 6) is 1.91. The van der Waals surface area contributed by atoms with E-state index in [1.807, 2.05) is 66.9 Å². The summed E-state index contributed by atoms with van der Waals surface area (Å²) in [5.41, 5.74) is 9.01. The first-order valence-electron chi connectivity index (χ1n) is 15.2. The van der Waals surface area contributed by atoms with E-state index < -0.39 is 0 Å². The summed E-state index contributed by atoms with van der Waals surface area (Å²) in [5, 5.41) is 2.22. The molecular formula is C41H27N5. The van der Waals surface area contributed by atoms with Crippen molar-refractivity contribution in [2.24, 2.45) is 0 Å².